The number of hydrogen-bond acceptors (Lipinski definition) is 4. The average molecular weight is 342 g/mol. The Morgan fingerprint density at radius 1 is 1.43 bits per heavy atom. The molecule has 7 heteroatoms. The summed E-state index contributed by atoms with van der Waals surface area (Å²) in [4.78, 5) is 19.0. The second kappa shape index (κ2) is 8.66. The van der Waals surface area contributed by atoms with E-state index in [0.717, 1.165) is 44.8 Å². The molecule has 0 radical (unpaired) electrons. The van der Waals surface area contributed by atoms with Gasteiger partial charge in [0.2, 0.25) is 5.91 Å². The molecule has 0 spiro atoms. The number of rotatable bonds is 5. The SMILES string of the molecule is Cl.Cn1ccnc1C1CNCCN1CCC(=O)NC1CCCC1. The van der Waals surface area contributed by atoms with Gasteiger partial charge in [-0.2, -0.15) is 0 Å². The molecule has 1 saturated carbocycles. The maximum Gasteiger partial charge on any atom is 0.221 e. The first-order valence-electron chi connectivity index (χ1n) is 8.45. The zero-order valence-electron chi connectivity index (χ0n) is 13.8. The summed E-state index contributed by atoms with van der Waals surface area (Å²) >= 11 is 0. The molecule has 0 bridgehead atoms. The lowest BCUT2D eigenvalue weighted by molar-refractivity contribution is -0.122. The minimum atomic E-state index is 0. The van der Waals surface area contributed by atoms with Crippen molar-refractivity contribution in [1.29, 1.82) is 0 Å². The molecule has 1 saturated heterocycles. The van der Waals surface area contributed by atoms with Gasteiger partial charge in [-0.25, -0.2) is 4.98 Å². The van der Waals surface area contributed by atoms with Crippen molar-refractivity contribution in [3.8, 4) is 0 Å². The third kappa shape index (κ3) is 4.68. The number of halogens is 1. The Morgan fingerprint density at radius 2 is 2.22 bits per heavy atom. The Kier molecular flexibility index (Phi) is 6.87. The molecule has 2 fully saturated rings. The molecular weight excluding hydrogens is 314 g/mol. The molecule has 1 unspecified atom stereocenters. The molecule has 1 aromatic heterocycles. The molecule has 0 aromatic carbocycles. The molecule has 2 N–H and O–H groups in total. The summed E-state index contributed by atoms with van der Waals surface area (Å²) in [6.07, 6.45) is 9.21. The highest BCUT2D eigenvalue weighted by Crippen LogP contribution is 2.21. The van der Waals surface area contributed by atoms with E-state index in [2.05, 4.69) is 25.1 Å². The largest absolute Gasteiger partial charge is 0.353 e. The number of carbonyl (C=O) groups is 1. The smallest absolute Gasteiger partial charge is 0.221 e. The van der Waals surface area contributed by atoms with Crippen molar-refractivity contribution in [3.63, 3.8) is 0 Å². The highest BCUT2D eigenvalue weighted by Gasteiger charge is 2.27. The second-order valence-corrected chi connectivity index (χ2v) is 6.45. The fourth-order valence-electron chi connectivity index (χ4n) is 3.58. The van der Waals surface area contributed by atoms with E-state index >= 15 is 0 Å². The number of carbonyl (C=O) groups excluding carboxylic acids is 1. The van der Waals surface area contributed by atoms with E-state index in [1.807, 2.05) is 19.4 Å². The Balaban J connectivity index is 0.00000192. The minimum Gasteiger partial charge on any atom is -0.353 e. The zero-order valence-corrected chi connectivity index (χ0v) is 14.6. The van der Waals surface area contributed by atoms with Gasteiger partial charge in [-0.15, -0.1) is 12.4 Å². The van der Waals surface area contributed by atoms with Crippen LogP contribution in [0.1, 0.15) is 44.0 Å². The maximum absolute atomic E-state index is 12.1. The van der Waals surface area contributed by atoms with Crippen molar-refractivity contribution in [2.24, 2.45) is 7.05 Å². The van der Waals surface area contributed by atoms with Gasteiger partial charge in [0.1, 0.15) is 5.82 Å². The van der Waals surface area contributed by atoms with Crippen LogP contribution >= 0.6 is 12.4 Å². The average Bonchev–Trinajstić information content (AvgIpc) is 3.17. The van der Waals surface area contributed by atoms with E-state index in [1.54, 1.807) is 0 Å². The van der Waals surface area contributed by atoms with Crippen LogP contribution in [0.5, 0.6) is 0 Å². The predicted octanol–water partition coefficient (Wildman–Crippen LogP) is 1.24. The molecule has 1 atom stereocenters. The number of hydrogen-bond donors (Lipinski definition) is 2. The van der Waals surface area contributed by atoms with Gasteiger partial charge in [0.15, 0.2) is 0 Å². The first kappa shape index (κ1) is 18.2. The molecule has 130 valence electrons. The Hall–Kier alpha value is -1.11. The highest BCUT2D eigenvalue weighted by atomic mass is 35.5. The van der Waals surface area contributed by atoms with Crippen LogP contribution in [0.15, 0.2) is 12.4 Å². The van der Waals surface area contributed by atoms with Crippen LogP contribution in [0.2, 0.25) is 0 Å². The number of piperazine rings is 1. The van der Waals surface area contributed by atoms with Gasteiger partial charge in [0.05, 0.1) is 6.04 Å². The molecule has 3 rings (SSSR count). The minimum absolute atomic E-state index is 0. The number of nitrogens with zero attached hydrogens (tertiary/aromatic N) is 3. The summed E-state index contributed by atoms with van der Waals surface area (Å²) in [7, 11) is 2.03. The molecule has 1 aliphatic carbocycles. The summed E-state index contributed by atoms with van der Waals surface area (Å²) in [6.45, 7) is 3.65. The third-order valence-electron chi connectivity index (χ3n) is 4.86. The number of nitrogens with one attached hydrogen (secondary N) is 2. The quantitative estimate of drug-likeness (QED) is 0.846. The van der Waals surface area contributed by atoms with Crippen molar-refractivity contribution >= 4 is 18.3 Å². The van der Waals surface area contributed by atoms with Crippen molar-refractivity contribution in [2.75, 3.05) is 26.2 Å². The van der Waals surface area contributed by atoms with Gasteiger partial charge < -0.3 is 15.2 Å². The highest BCUT2D eigenvalue weighted by molar-refractivity contribution is 5.85. The fourth-order valence-corrected chi connectivity index (χ4v) is 3.58. The zero-order chi connectivity index (χ0) is 15.4. The molecule has 2 aliphatic rings. The fraction of sp³-hybridized carbons (Fsp3) is 0.750. The first-order valence-corrected chi connectivity index (χ1v) is 8.45. The summed E-state index contributed by atoms with van der Waals surface area (Å²) in [5, 5.41) is 6.61. The molecule has 2 heterocycles. The van der Waals surface area contributed by atoms with Crippen molar-refractivity contribution < 1.29 is 4.79 Å². The van der Waals surface area contributed by atoms with Gasteiger partial charge in [0, 0.05) is 58.1 Å². The second-order valence-electron chi connectivity index (χ2n) is 6.45. The van der Waals surface area contributed by atoms with Crippen LogP contribution in [-0.2, 0) is 11.8 Å². The Bertz CT molecular complexity index is 500. The summed E-state index contributed by atoms with van der Waals surface area (Å²) in [5.74, 6) is 1.27. The summed E-state index contributed by atoms with van der Waals surface area (Å²) in [6, 6.07) is 0.675. The van der Waals surface area contributed by atoms with Gasteiger partial charge in [-0.05, 0) is 12.8 Å². The number of aromatic nitrogens is 2. The molecule has 1 aromatic rings. The van der Waals surface area contributed by atoms with Crippen LogP contribution in [-0.4, -0.2) is 52.6 Å². The summed E-state index contributed by atoms with van der Waals surface area (Å²) < 4.78 is 2.07. The standard InChI is InChI=1S/C16H27N5O.ClH/c1-20-10-8-18-16(20)14-12-17-7-11-21(14)9-6-15(22)19-13-4-2-3-5-13;/h8,10,13-14,17H,2-7,9,11-12H2,1H3,(H,19,22);1H. The van der Waals surface area contributed by atoms with E-state index in [1.165, 1.54) is 12.8 Å². The first-order chi connectivity index (χ1) is 10.7. The Morgan fingerprint density at radius 3 is 2.91 bits per heavy atom. The van der Waals surface area contributed by atoms with Crippen molar-refractivity contribution in [1.82, 2.24) is 25.1 Å². The summed E-state index contributed by atoms with van der Waals surface area (Å²) in [5.41, 5.74) is 0. The van der Waals surface area contributed by atoms with Gasteiger partial charge in [-0.1, -0.05) is 12.8 Å². The van der Waals surface area contributed by atoms with E-state index < -0.39 is 0 Å². The topological polar surface area (TPSA) is 62.2 Å². The van der Waals surface area contributed by atoms with E-state index in [-0.39, 0.29) is 24.4 Å². The van der Waals surface area contributed by atoms with Crippen LogP contribution in [0.3, 0.4) is 0 Å². The maximum atomic E-state index is 12.1. The molecule has 1 amide bonds. The Labute approximate surface area is 144 Å². The normalized spacial score (nSPS) is 22.7. The van der Waals surface area contributed by atoms with E-state index in [9.17, 15) is 4.79 Å². The van der Waals surface area contributed by atoms with Crippen LogP contribution in [0, 0.1) is 0 Å². The molecular formula is C16H28ClN5O. The predicted molar refractivity (Wildman–Crippen MR) is 92.7 cm³/mol. The molecule has 6 nitrogen and oxygen atoms in total. The molecule has 23 heavy (non-hydrogen) atoms. The lowest BCUT2D eigenvalue weighted by Gasteiger charge is -2.35. The monoisotopic (exact) mass is 341 g/mol. The third-order valence-corrected chi connectivity index (χ3v) is 4.86. The lowest BCUT2D eigenvalue weighted by atomic mass is 10.1. The lowest BCUT2D eigenvalue weighted by Crippen LogP contribution is -2.48. The number of amides is 1. The molecule has 1 aliphatic heterocycles. The number of aryl methyl sites for hydroxylation is 1. The van der Waals surface area contributed by atoms with E-state index in [0.29, 0.717) is 12.5 Å². The van der Waals surface area contributed by atoms with Crippen LogP contribution in [0.4, 0.5) is 0 Å². The number of imidazole rings is 1. The van der Waals surface area contributed by atoms with Gasteiger partial charge in [-0.3, -0.25) is 9.69 Å². The van der Waals surface area contributed by atoms with Crippen molar-refractivity contribution in [3.05, 3.63) is 18.2 Å². The van der Waals surface area contributed by atoms with Crippen LogP contribution in [0.25, 0.3) is 0 Å². The van der Waals surface area contributed by atoms with Gasteiger partial charge in [0.25, 0.3) is 0 Å². The van der Waals surface area contributed by atoms with Crippen molar-refractivity contribution in [2.45, 2.75) is 44.2 Å². The van der Waals surface area contributed by atoms with Crippen LogP contribution < -0.4 is 10.6 Å². The van der Waals surface area contributed by atoms with E-state index in [4.69, 9.17) is 0 Å². The van der Waals surface area contributed by atoms with Gasteiger partial charge >= 0.3 is 0 Å².